The lowest BCUT2D eigenvalue weighted by atomic mass is 9.80. The van der Waals surface area contributed by atoms with Crippen molar-refractivity contribution in [2.24, 2.45) is 0 Å². The Kier molecular flexibility index (Phi) is 8.22. The van der Waals surface area contributed by atoms with Gasteiger partial charge in [0.15, 0.2) is 6.10 Å². The fourth-order valence-electron chi connectivity index (χ4n) is 5.92. The van der Waals surface area contributed by atoms with Gasteiger partial charge in [-0.25, -0.2) is 0 Å². The molecule has 1 aromatic rings. The van der Waals surface area contributed by atoms with Crippen LogP contribution in [0.3, 0.4) is 0 Å². The highest BCUT2D eigenvalue weighted by atomic mass is 16.5. The van der Waals surface area contributed by atoms with Gasteiger partial charge in [0, 0.05) is 58.0 Å². The van der Waals surface area contributed by atoms with E-state index in [0.717, 1.165) is 71.5 Å². The lowest BCUT2D eigenvalue weighted by molar-refractivity contribution is -0.147. The van der Waals surface area contributed by atoms with Gasteiger partial charge in [0.05, 0.1) is 0 Å². The van der Waals surface area contributed by atoms with Crippen molar-refractivity contribution >= 4 is 5.91 Å². The lowest BCUT2D eigenvalue weighted by Crippen LogP contribution is -2.62. The second-order valence-corrected chi connectivity index (χ2v) is 10.0. The molecule has 3 heterocycles. The molecule has 0 aliphatic carbocycles. The number of methoxy groups -OCH3 is 1. The number of likely N-dealkylation sites (N-methyl/N-ethyl adjacent to an activating group) is 1. The number of carbonyl (C=O) groups is 1. The van der Waals surface area contributed by atoms with Crippen LogP contribution >= 0.6 is 0 Å². The maximum absolute atomic E-state index is 13.4. The fourth-order valence-corrected chi connectivity index (χ4v) is 5.92. The Hall–Kier alpha value is -1.47. The molecule has 0 spiro atoms. The van der Waals surface area contributed by atoms with Crippen LogP contribution < -0.4 is 5.32 Å². The van der Waals surface area contributed by atoms with Gasteiger partial charge in [-0.3, -0.25) is 9.69 Å². The summed E-state index contributed by atoms with van der Waals surface area (Å²) in [6.07, 6.45) is 7.44. The number of amides is 1. The van der Waals surface area contributed by atoms with Crippen LogP contribution in [0.4, 0.5) is 0 Å². The van der Waals surface area contributed by atoms with Gasteiger partial charge in [0.1, 0.15) is 0 Å². The Labute approximate surface area is 194 Å². The number of ether oxygens (including phenoxy) is 1. The van der Waals surface area contributed by atoms with Gasteiger partial charge in [-0.1, -0.05) is 36.8 Å². The van der Waals surface area contributed by atoms with Crippen LogP contribution in [-0.4, -0.2) is 98.3 Å². The highest BCUT2D eigenvalue weighted by Gasteiger charge is 2.43. The van der Waals surface area contributed by atoms with Gasteiger partial charge in [-0.05, 0) is 57.7 Å². The topological polar surface area (TPSA) is 48.1 Å². The molecule has 1 N–H and O–H groups in total. The zero-order valence-corrected chi connectivity index (χ0v) is 20.1. The number of rotatable bonds is 7. The fraction of sp³-hybridized carbons (Fsp3) is 0.731. The van der Waals surface area contributed by atoms with Crippen LogP contribution in [0.1, 0.15) is 44.1 Å². The molecule has 3 aliphatic heterocycles. The lowest BCUT2D eigenvalue weighted by Gasteiger charge is -2.52. The quantitative estimate of drug-likeness (QED) is 0.703. The molecule has 0 saturated carbocycles. The van der Waals surface area contributed by atoms with E-state index < -0.39 is 0 Å². The van der Waals surface area contributed by atoms with Gasteiger partial charge in [-0.15, -0.1) is 0 Å². The molecule has 178 valence electrons. The van der Waals surface area contributed by atoms with Crippen LogP contribution in [0.25, 0.3) is 0 Å². The highest BCUT2D eigenvalue weighted by molar-refractivity contribution is 5.82. The van der Waals surface area contributed by atoms with Crippen molar-refractivity contribution in [1.82, 2.24) is 20.0 Å². The first-order valence-electron chi connectivity index (χ1n) is 12.6. The van der Waals surface area contributed by atoms with Crippen LogP contribution in [0, 0.1) is 0 Å². The molecule has 1 amide bonds. The summed E-state index contributed by atoms with van der Waals surface area (Å²) in [5, 5.41) is 3.52. The van der Waals surface area contributed by atoms with Gasteiger partial charge in [0.2, 0.25) is 0 Å². The zero-order valence-electron chi connectivity index (χ0n) is 20.1. The molecule has 4 rings (SSSR count). The van der Waals surface area contributed by atoms with E-state index in [1.807, 2.05) is 0 Å². The van der Waals surface area contributed by atoms with Gasteiger partial charge >= 0.3 is 0 Å². The second kappa shape index (κ2) is 11.1. The molecule has 0 aromatic heterocycles. The molecular formula is C26H42N4O2. The summed E-state index contributed by atoms with van der Waals surface area (Å²) >= 11 is 0. The molecule has 6 nitrogen and oxygen atoms in total. The van der Waals surface area contributed by atoms with Crippen molar-refractivity contribution in [2.45, 2.75) is 62.6 Å². The number of piperidine rings is 2. The second-order valence-electron chi connectivity index (χ2n) is 10.0. The number of aryl methyl sites for hydroxylation is 1. The Balaban J connectivity index is 1.42. The average molecular weight is 443 g/mol. The molecule has 1 aromatic carbocycles. The molecule has 2 unspecified atom stereocenters. The number of piperazine rings is 1. The number of hydrogen-bond acceptors (Lipinski definition) is 5. The summed E-state index contributed by atoms with van der Waals surface area (Å²) in [4.78, 5) is 20.6. The summed E-state index contributed by atoms with van der Waals surface area (Å²) in [6, 6.07) is 11.0. The van der Waals surface area contributed by atoms with E-state index in [-0.39, 0.29) is 23.6 Å². The maximum Gasteiger partial charge on any atom is 0.253 e. The molecule has 3 saturated heterocycles. The molecule has 32 heavy (non-hydrogen) atoms. The average Bonchev–Trinajstić information content (AvgIpc) is 2.85. The smallest absolute Gasteiger partial charge is 0.253 e. The summed E-state index contributed by atoms with van der Waals surface area (Å²) in [6.45, 7) is 7.20. The minimum absolute atomic E-state index is 0.156. The summed E-state index contributed by atoms with van der Waals surface area (Å²) in [5.41, 5.74) is 1.61. The molecule has 3 aliphatic rings. The van der Waals surface area contributed by atoms with Crippen LogP contribution in [0.5, 0.6) is 0 Å². The van der Waals surface area contributed by atoms with Crippen molar-refractivity contribution in [3.8, 4) is 0 Å². The van der Waals surface area contributed by atoms with E-state index in [2.05, 4.69) is 57.4 Å². The normalized spacial score (nSPS) is 26.1. The first-order valence-corrected chi connectivity index (χ1v) is 12.6. The number of nitrogens with one attached hydrogen (secondary N) is 1. The van der Waals surface area contributed by atoms with Gasteiger partial charge < -0.3 is 19.9 Å². The van der Waals surface area contributed by atoms with E-state index in [1.165, 1.54) is 24.8 Å². The van der Waals surface area contributed by atoms with Gasteiger partial charge in [0.25, 0.3) is 5.91 Å². The molecule has 2 atom stereocenters. The molecular weight excluding hydrogens is 400 g/mol. The highest BCUT2D eigenvalue weighted by Crippen LogP contribution is 2.35. The maximum atomic E-state index is 13.4. The molecule has 0 bridgehead atoms. The van der Waals surface area contributed by atoms with E-state index in [9.17, 15) is 4.79 Å². The molecule has 0 radical (unpaired) electrons. The van der Waals surface area contributed by atoms with E-state index in [4.69, 9.17) is 4.74 Å². The third kappa shape index (κ3) is 5.53. The third-order valence-electron chi connectivity index (χ3n) is 8.11. The number of nitrogens with zero attached hydrogens (tertiary/aromatic N) is 3. The van der Waals surface area contributed by atoms with Gasteiger partial charge in [-0.2, -0.15) is 0 Å². The molecule has 3 fully saturated rings. The van der Waals surface area contributed by atoms with Crippen molar-refractivity contribution in [3.05, 3.63) is 35.9 Å². The SMILES string of the molecule is COC(C(=O)N1CCC(CCc2ccccc2)(N2CCN(C)CC2)CC1)C1CCCCN1. The van der Waals surface area contributed by atoms with Crippen molar-refractivity contribution in [3.63, 3.8) is 0 Å². The van der Waals surface area contributed by atoms with E-state index in [1.54, 1.807) is 7.11 Å². The van der Waals surface area contributed by atoms with Crippen LogP contribution in [0.2, 0.25) is 0 Å². The number of carbonyl (C=O) groups excluding carboxylic acids is 1. The minimum atomic E-state index is -0.351. The van der Waals surface area contributed by atoms with Crippen molar-refractivity contribution in [2.75, 3.05) is 60.0 Å². The summed E-state index contributed by atoms with van der Waals surface area (Å²) < 4.78 is 5.72. The number of hydrogen-bond donors (Lipinski definition) is 1. The number of benzene rings is 1. The first-order chi connectivity index (χ1) is 15.6. The summed E-state index contributed by atoms with van der Waals surface area (Å²) in [7, 11) is 3.91. The molecule has 6 heteroatoms. The first kappa shape index (κ1) is 23.7. The Morgan fingerprint density at radius 2 is 1.81 bits per heavy atom. The van der Waals surface area contributed by atoms with Crippen LogP contribution in [0.15, 0.2) is 30.3 Å². The number of likely N-dealkylation sites (tertiary alicyclic amines) is 1. The largest absolute Gasteiger partial charge is 0.370 e. The van der Waals surface area contributed by atoms with E-state index in [0.29, 0.717) is 0 Å². The minimum Gasteiger partial charge on any atom is -0.370 e. The standard InChI is InChI=1S/C26H42N4O2/c1-28-18-20-30(21-19-28)26(12-11-22-8-4-3-5-9-22)13-16-29(17-14-26)25(31)24(32-2)23-10-6-7-15-27-23/h3-5,8-9,23-24,27H,6-7,10-21H2,1-2H3. The third-order valence-corrected chi connectivity index (χ3v) is 8.11. The predicted octanol–water partition coefficient (Wildman–Crippen LogP) is 2.38. The zero-order chi connectivity index (χ0) is 22.4. The van der Waals surface area contributed by atoms with Crippen LogP contribution in [-0.2, 0) is 16.0 Å². The van der Waals surface area contributed by atoms with E-state index >= 15 is 0 Å². The Bertz CT molecular complexity index is 706. The van der Waals surface area contributed by atoms with Crippen molar-refractivity contribution < 1.29 is 9.53 Å². The monoisotopic (exact) mass is 442 g/mol. The summed E-state index contributed by atoms with van der Waals surface area (Å²) in [5.74, 6) is 0.182. The van der Waals surface area contributed by atoms with Crippen molar-refractivity contribution in [1.29, 1.82) is 0 Å². The predicted molar refractivity (Wildman–Crippen MR) is 129 cm³/mol. The Morgan fingerprint density at radius 1 is 1.09 bits per heavy atom. The Morgan fingerprint density at radius 3 is 2.44 bits per heavy atom.